The van der Waals surface area contributed by atoms with Crippen LogP contribution in [0.2, 0.25) is 0 Å². The number of aryl methyl sites for hydroxylation is 1. The highest BCUT2D eigenvalue weighted by Gasteiger charge is 2.33. The molecule has 0 aliphatic carbocycles. The molecule has 2 aliphatic rings. The SMILES string of the molecule is CCc1ccc2c(c1)C(C1CCNCC1)CN2C. The average molecular weight is 244 g/mol. The Balaban J connectivity index is 1.90. The van der Waals surface area contributed by atoms with Crippen LogP contribution in [0, 0.1) is 5.92 Å². The Hall–Kier alpha value is -1.02. The number of benzene rings is 1. The van der Waals surface area contributed by atoms with Crippen molar-refractivity contribution < 1.29 is 0 Å². The molecule has 2 nitrogen and oxygen atoms in total. The lowest BCUT2D eigenvalue weighted by Crippen LogP contribution is -2.32. The lowest BCUT2D eigenvalue weighted by Gasteiger charge is -2.28. The van der Waals surface area contributed by atoms with Gasteiger partial charge in [-0.1, -0.05) is 19.1 Å². The first-order valence-corrected chi connectivity index (χ1v) is 7.34. The van der Waals surface area contributed by atoms with Gasteiger partial charge in [0.1, 0.15) is 0 Å². The maximum absolute atomic E-state index is 3.48. The lowest BCUT2D eigenvalue weighted by molar-refractivity contribution is 0.327. The summed E-state index contributed by atoms with van der Waals surface area (Å²) < 4.78 is 0. The Kier molecular flexibility index (Phi) is 3.29. The van der Waals surface area contributed by atoms with Gasteiger partial charge in [0.15, 0.2) is 0 Å². The van der Waals surface area contributed by atoms with Gasteiger partial charge in [-0.25, -0.2) is 0 Å². The fourth-order valence-corrected chi connectivity index (χ4v) is 3.61. The van der Waals surface area contributed by atoms with Crippen molar-refractivity contribution >= 4 is 5.69 Å². The molecule has 1 aromatic carbocycles. The van der Waals surface area contributed by atoms with Gasteiger partial charge in [-0.05, 0) is 55.5 Å². The first-order chi connectivity index (χ1) is 8.79. The summed E-state index contributed by atoms with van der Waals surface area (Å²) in [5.41, 5.74) is 4.57. The molecule has 0 bridgehead atoms. The Bertz CT molecular complexity index is 421. The lowest BCUT2D eigenvalue weighted by atomic mass is 9.81. The Morgan fingerprint density at radius 1 is 1.28 bits per heavy atom. The number of nitrogens with one attached hydrogen (secondary N) is 1. The van der Waals surface area contributed by atoms with Crippen LogP contribution in [0.25, 0.3) is 0 Å². The zero-order valence-electron chi connectivity index (χ0n) is 11.6. The summed E-state index contributed by atoms with van der Waals surface area (Å²) in [7, 11) is 2.24. The van der Waals surface area contributed by atoms with Crippen LogP contribution < -0.4 is 10.2 Å². The number of fused-ring (bicyclic) bond motifs is 1. The zero-order chi connectivity index (χ0) is 12.5. The van der Waals surface area contributed by atoms with Gasteiger partial charge >= 0.3 is 0 Å². The minimum atomic E-state index is 0.763. The van der Waals surface area contributed by atoms with Crippen LogP contribution >= 0.6 is 0 Å². The molecule has 1 saturated heterocycles. The van der Waals surface area contributed by atoms with E-state index in [9.17, 15) is 0 Å². The molecule has 0 amide bonds. The summed E-state index contributed by atoms with van der Waals surface area (Å²) in [6.07, 6.45) is 3.83. The molecule has 2 heterocycles. The fourth-order valence-electron chi connectivity index (χ4n) is 3.61. The quantitative estimate of drug-likeness (QED) is 0.860. The van der Waals surface area contributed by atoms with Crippen LogP contribution in [0.4, 0.5) is 5.69 Å². The summed E-state index contributed by atoms with van der Waals surface area (Å²) in [5, 5.41) is 3.48. The Morgan fingerprint density at radius 2 is 2.06 bits per heavy atom. The predicted molar refractivity (Wildman–Crippen MR) is 77.4 cm³/mol. The molecule has 18 heavy (non-hydrogen) atoms. The molecule has 2 heteroatoms. The van der Waals surface area contributed by atoms with E-state index in [0.29, 0.717) is 0 Å². The van der Waals surface area contributed by atoms with Crippen molar-refractivity contribution in [3.05, 3.63) is 29.3 Å². The molecule has 0 aromatic heterocycles. The molecule has 3 rings (SSSR count). The highest BCUT2D eigenvalue weighted by atomic mass is 15.1. The number of hydrogen-bond donors (Lipinski definition) is 1. The second kappa shape index (κ2) is 4.93. The second-order valence-electron chi connectivity index (χ2n) is 5.82. The maximum Gasteiger partial charge on any atom is 0.0400 e. The van der Waals surface area contributed by atoms with Crippen molar-refractivity contribution in [2.75, 3.05) is 31.6 Å². The third-order valence-corrected chi connectivity index (χ3v) is 4.73. The zero-order valence-corrected chi connectivity index (χ0v) is 11.6. The smallest absolute Gasteiger partial charge is 0.0400 e. The number of rotatable bonds is 2. The van der Waals surface area contributed by atoms with E-state index in [4.69, 9.17) is 0 Å². The van der Waals surface area contributed by atoms with Crippen molar-refractivity contribution in [3.63, 3.8) is 0 Å². The van der Waals surface area contributed by atoms with Crippen LogP contribution in [0.5, 0.6) is 0 Å². The third-order valence-electron chi connectivity index (χ3n) is 4.73. The van der Waals surface area contributed by atoms with E-state index in [1.807, 2.05) is 0 Å². The van der Waals surface area contributed by atoms with Gasteiger partial charge < -0.3 is 10.2 Å². The van der Waals surface area contributed by atoms with Gasteiger partial charge in [0.05, 0.1) is 0 Å². The summed E-state index contributed by atoms with van der Waals surface area (Å²) in [6.45, 7) is 5.87. The van der Waals surface area contributed by atoms with E-state index in [2.05, 4.69) is 42.4 Å². The monoisotopic (exact) mass is 244 g/mol. The van der Waals surface area contributed by atoms with Crippen molar-refractivity contribution in [1.29, 1.82) is 0 Å². The summed E-state index contributed by atoms with van der Waals surface area (Å²) in [6, 6.07) is 7.08. The number of piperidine rings is 1. The Morgan fingerprint density at radius 3 is 2.78 bits per heavy atom. The average Bonchev–Trinajstić information content (AvgIpc) is 2.76. The van der Waals surface area contributed by atoms with Crippen molar-refractivity contribution in [2.45, 2.75) is 32.1 Å². The van der Waals surface area contributed by atoms with E-state index in [0.717, 1.165) is 18.3 Å². The number of nitrogens with zero attached hydrogens (tertiary/aromatic N) is 1. The van der Waals surface area contributed by atoms with Crippen LogP contribution in [-0.4, -0.2) is 26.7 Å². The largest absolute Gasteiger partial charge is 0.374 e. The normalized spacial score (nSPS) is 24.3. The van der Waals surface area contributed by atoms with E-state index < -0.39 is 0 Å². The van der Waals surface area contributed by atoms with E-state index in [1.165, 1.54) is 43.7 Å². The first-order valence-electron chi connectivity index (χ1n) is 7.34. The molecule has 1 unspecified atom stereocenters. The molecular formula is C16H24N2. The highest BCUT2D eigenvalue weighted by Crippen LogP contribution is 2.42. The first kappa shape index (κ1) is 12.0. The van der Waals surface area contributed by atoms with E-state index in [-0.39, 0.29) is 0 Å². The van der Waals surface area contributed by atoms with Gasteiger partial charge in [0, 0.05) is 25.2 Å². The van der Waals surface area contributed by atoms with Crippen LogP contribution in [0.1, 0.15) is 36.8 Å². The number of hydrogen-bond acceptors (Lipinski definition) is 2. The van der Waals surface area contributed by atoms with Gasteiger partial charge in [0.2, 0.25) is 0 Å². The fraction of sp³-hybridized carbons (Fsp3) is 0.625. The highest BCUT2D eigenvalue weighted by molar-refractivity contribution is 5.61. The third kappa shape index (κ3) is 2.03. The molecular weight excluding hydrogens is 220 g/mol. The van der Waals surface area contributed by atoms with Gasteiger partial charge in [0.25, 0.3) is 0 Å². The van der Waals surface area contributed by atoms with E-state index in [1.54, 1.807) is 5.56 Å². The van der Waals surface area contributed by atoms with E-state index >= 15 is 0 Å². The van der Waals surface area contributed by atoms with Gasteiger partial charge in [-0.15, -0.1) is 0 Å². The predicted octanol–water partition coefficient (Wildman–Crippen LogP) is 2.78. The topological polar surface area (TPSA) is 15.3 Å². The number of likely N-dealkylation sites (N-methyl/N-ethyl adjacent to an activating group) is 1. The van der Waals surface area contributed by atoms with Crippen molar-refractivity contribution in [1.82, 2.24) is 5.32 Å². The van der Waals surface area contributed by atoms with Crippen LogP contribution in [0.3, 0.4) is 0 Å². The molecule has 1 fully saturated rings. The maximum atomic E-state index is 3.48. The second-order valence-corrected chi connectivity index (χ2v) is 5.82. The van der Waals surface area contributed by atoms with Crippen LogP contribution in [-0.2, 0) is 6.42 Å². The molecule has 1 atom stereocenters. The molecule has 0 saturated carbocycles. The van der Waals surface area contributed by atoms with Gasteiger partial charge in [-0.2, -0.15) is 0 Å². The summed E-state index contributed by atoms with van der Waals surface area (Å²) in [5.74, 6) is 1.64. The number of anilines is 1. The van der Waals surface area contributed by atoms with Crippen molar-refractivity contribution in [3.8, 4) is 0 Å². The minimum absolute atomic E-state index is 0.763. The molecule has 0 radical (unpaired) electrons. The molecule has 2 aliphatic heterocycles. The minimum Gasteiger partial charge on any atom is -0.374 e. The molecule has 98 valence electrons. The molecule has 1 N–H and O–H groups in total. The van der Waals surface area contributed by atoms with Crippen LogP contribution in [0.15, 0.2) is 18.2 Å². The van der Waals surface area contributed by atoms with Gasteiger partial charge in [-0.3, -0.25) is 0 Å². The standard InChI is InChI=1S/C16H24N2/c1-3-12-4-5-16-14(10-12)15(11-18(16)2)13-6-8-17-9-7-13/h4-5,10,13,15,17H,3,6-9,11H2,1-2H3. The Labute approximate surface area is 110 Å². The van der Waals surface area contributed by atoms with Crippen molar-refractivity contribution in [2.24, 2.45) is 5.92 Å². The summed E-state index contributed by atoms with van der Waals surface area (Å²) in [4.78, 5) is 2.45. The summed E-state index contributed by atoms with van der Waals surface area (Å²) >= 11 is 0. The molecule has 0 spiro atoms. The molecule has 1 aromatic rings.